The lowest BCUT2D eigenvalue weighted by atomic mass is 11.3. The highest BCUT2D eigenvalue weighted by Crippen LogP contribution is 1.84. The van der Waals surface area contributed by atoms with Crippen molar-refractivity contribution >= 4 is 69.6 Å². The zero-order valence-electron chi connectivity index (χ0n) is 9.85. The van der Waals surface area contributed by atoms with Crippen LogP contribution in [-0.4, -0.2) is 69.6 Å². The Hall–Kier alpha value is 1.02. The van der Waals surface area contributed by atoms with Crippen LogP contribution in [0.4, 0.5) is 0 Å². The van der Waals surface area contributed by atoms with Gasteiger partial charge in [-0.1, -0.05) is 5.70 Å². The Labute approximate surface area is 113 Å². The minimum atomic E-state index is -1.13. The highest BCUT2D eigenvalue weighted by atomic mass is 28.4. The van der Waals surface area contributed by atoms with E-state index in [0.717, 1.165) is 10.5 Å². The lowest BCUT2D eigenvalue weighted by molar-refractivity contribution is 0.378. The Bertz CT molecular complexity index is 161. The van der Waals surface area contributed by atoms with Gasteiger partial charge < -0.3 is 24.7 Å². The Balaban J connectivity index is 2.96. The molecule has 0 heterocycles. The van der Waals surface area contributed by atoms with Crippen LogP contribution in [0.3, 0.4) is 0 Å². The fraction of sp³-hybridized carbons (Fsp3) is 0.333. The summed E-state index contributed by atoms with van der Waals surface area (Å²) in [4.78, 5) is 0. The molecule has 0 aliphatic heterocycles. The minimum absolute atomic E-state index is 0.711. The molecular formula is C3H20O6Si7. The van der Waals surface area contributed by atoms with Crippen molar-refractivity contribution in [1.82, 2.24) is 0 Å². The average molecular weight is 349 g/mol. The van der Waals surface area contributed by atoms with Crippen LogP contribution in [0.25, 0.3) is 0 Å². The zero-order chi connectivity index (χ0) is 12.1. The van der Waals surface area contributed by atoms with Crippen molar-refractivity contribution < 1.29 is 24.7 Å². The van der Waals surface area contributed by atoms with Gasteiger partial charge in [-0.15, -0.1) is 6.58 Å². The minimum Gasteiger partial charge on any atom is -0.449 e. The van der Waals surface area contributed by atoms with Gasteiger partial charge in [0.2, 0.25) is 0 Å². The first-order valence-electron chi connectivity index (χ1n) is 4.85. The van der Waals surface area contributed by atoms with Crippen LogP contribution in [0.15, 0.2) is 12.3 Å². The van der Waals surface area contributed by atoms with E-state index in [-0.39, 0.29) is 0 Å². The summed E-state index contributed by atoms with van der Waals surface area (Å²) >= 11 is 0. The maximum absolute atomic E-state index is 5.49. The normalized spacial score (nSPS) is 16.6. The van der Waals surface area contributed by atoms with Crippen molar-refractivity contribution in [3.8, 4) is 0 Å². The van der Waals surface area contributed by atoms with Crippen molar-refractivity contribution in [2.24, 2.45) is 0 Å². The van der Waals surface area contributed by atoms with Gasteiger partial charge in [0.15, 0.2) is 9.04 Å². The zero-order valence-corrected chi connectivity index (χ0v) is 20.1. The van der Waals surface area contributed by atoms with Gasteiger partial charge in [0.25, 0.3) is 50.0 Å². The molecule has 0 spiro atoms. The molecule has 0 fully saturated rings. The molecular weight excluding hydrogens is 329 g/mol. The van der Waals surface area contributed by atoms with Crippen molar-refractivity contribution in [1.29, 1.82) is 0 Å². The molecule has 0 bridgehead atoms. The molecule has 96 valence electrons. The smallest absolute Gasteiger partial charge is 0.286 e. The fourth-order valence-corrected chi connectivity index (χ4v) is 11.1. The molecule has 0 aliphatic rings. The van der Waals surface area contributed by atoms with E-state index in [1.54, 1.807) is 0 Å². The predicted molar refractivity (Wildman–Crippen MR) is 82.4 cm³/mol. The second-order valence-corrected chi connectivity index (χ2v) is 16.0. The van der Waals surface area contributed by atoms with Gasteiger partial charge >= 0.3 is 0 Å². The van der Waals surface area contributed by atoms with E-state index in [1.165, 1.54) is 0 Å². The molecule has 0 N–H and O–H groups in total. The summed E-state index contributed by atoms with van der Waals surface area (Å²) in [5.41, 5.74) is 1.89. The SMILES string of the molecule is C=C[SiH](C)O[SiH2]O[SiH2]O[SiH2]O[SiH2]O[SiH2]O[SiH3]. The van der Waals surface area contributed by atoms with Crippen LogP contribution in [0.2, 0.25) is 6.55 Å². The largest absolute Gasteiger partial charge is 0.449 e. The van der Waals surface area contributed by atoms with Gasteiger partial charge in [-0.25, -0.2) is 0 Å². The quantitative estimate of drug-likeness (QED) is 0.259. The summed E-state index contributed by atoms with van der Waals surface area (Å²) in [6, 6.07) is 0. The molecule has 0 radical (unpaired) electrons. The van der Waals surface area contributed by atoms with E-state index < -0.39 is 59.1 Å². The van der Waals surface area contributed by atoms with Crippen LogP contribution in [0.5, 0.6) is 0 Å². The molecule has 0 aromatic rings. The van der Waals surface area contributed by atoms with Gasteiger partial charge in [-0.2, -0.15) is 0 Å². The first kappa shape index (κ1) is 17.0. The monoisotopic (exact) mass is 348 g/mol. The van der Waals surface area contributed by atoms with Crippen LogP contribution < -0.4 is 0 Å². The van der Waals surface area contributed by atoms with Gasteiger partial charge in [0, 0.05) is 0 Å². The molecule has 13 heteroatoms. The van der Waals surface area contributed by atoms with E-state index in [9.17, 15) is 0 Å². The summed E-state index contributed by atoms with van der Waals surface area (Å²) < 4.78 is 31.7. The third kappa shape index (κ3) is 13.1. The van der Waals surface area contributed by atoms with E-state index in [1.807, 2.05) is 5.70 Å². The van der Waals surface area contributed by atoms with Crippen molar-refractivity contribution in [2.45, 2.75) is 6.55 Å². The molecule has 0 aromatic heterocycles. The Kier molecular flexibility index (Phi) is 15.0. The Morgan fingerprint density at radius 2 is 1.50 bits per heavy atom. The Morgan fingerprint density at radius 1 is 1.00 bits per heavy atom. The van der Waals surface area contributed by atoms with Crippen molar-refractivity contribution in [3.63, 3.8) is 0 Å². The lowest BCUT2D eigenvalue weighted by Crippen LogP contribution is -2.21. The topological polar surface area (TPSA) is 55.4 Å². The maximum Gasteiger partial charge on any atom is 0.286 e. The summed E-state index contributed by atoms with van der Waals surface area (Å²) in [5.74, 6) is 0. The molecule has 0 saturated carbocycles. The van der Waals surface area contributed by atoms with Crippen molar-refractivity contribution in [3.05, 3.63) is 12.3 Å². The average Bonchev–Trinajstić information content (AvgIpc) is 2.31. The fourth-order valence-electron chi connectivity index (χ4n) is 0.620. The summed E-state index contributed by atoms with van der Waals surface area (Å²) in [7, 11) is -4.45. The number of rotatable bonds is 12. The summed E-state index contributed by atoms with van der Waals surface area (Å²) in [6.45, 7) is 5.76. The van der Waals surface area contributed by atoms with E-state index in [4.69, 9.17) is 24.7 Å². The van der Waals surface area contributed by atoms with E-state index in [2.05, 4.69) is 13.1 Å². The standard InChI is InChI=1S/C3H20O6Si7/c1-3-16(2)9-15-8-14-7-13-6-12-5-11-4-10/h3,16H,1,11-15H2,2,10H3. The first-order chi connectivity index (χ1) is 7.81. The summed E-state index contributed by atoms with van der Waals surface area (Å²) in [5, 5.41) is 0. The lowest BCUT2D eigenvalue weighted by Gasteiger charge is -2.09. The third-order valence-corrected chi connectivity index (χ3v) is 11.0. The van der Waals surface area contributed by atoms with E-state index >= 15 is 0 Å². The highest BCUT2D eigenvalue weighted by Gasteiger charge is 1.98. The molecule has 0 saturated heterocycles. The van der Waals surface area contributed by atoms with Crippen LogP contribution >= 0.6 is 0 Å². The predicted octanol–water partition coefficient (Wildman–Crippen LogP) is -5.56. The number of hydrogen-bond donors (Lipinski definition) is 0. The number of hydrogen-bond acceptors (Lipinski definition) is 6. The van der Waals surface area contributed by atoms with Gasteiger partial charge in [-0.3, -0.25) is 0 Å². The van der Waals surface area contributed by atoms with Gasteiger partial charge in [0.05, 0.1) is 0 Å². The van der Waals surface area contributed by atoms with Gasteiger partial charge in [-0.05, 0) is 6.55 Å². The molecule has 16 heavy (non-hydrogen) atoms. The Morgan fingerprint density at radius 3 is 2.00 bits per heavy atom. The second-order valence-electron chi connectivity index (χ2n) is 2.80. The highest BCUT2D eigenvalue weighted by molar-refractivity contribution is 6.61. The maximum atomic E-state index is 5.49. The van der Waals surface area contributed by atoms with Crippen LogP contribution in [-0.2, 0) is 24.7 Å². The van der Waals surface area contributed by atoms with Gasteiger partial charge in [0.1, 0.15) is 10.5 Å². The molecule has 1 atom stereocenters. The molecule has 6 nitrogen and oxygen atoms in total. The molecule has 1 unspecified atom stereocenters. The van der Waals surface area contributed by atoms with Crippen molar-refractivity contribution in [2.75, 3.05) is 0 Å². The molecule has 0 aromatic carbocycles. The second kappa shape index (κ2) is 14.1. The molecule has 0 aliphatic carbocycles. The first-order valence-corrected chi connectivity index (χ1v) is 13.7. The van der Waals surface area contributed by atoms with Crippen LogP contribution in [0.1, 0.15) is 0 Å². The van der Waals surface area contributed by atoms with E-state index in [0.29, 0.717) is 0 Å². The summed E-state index contributed by atoms with van der Waals surface area (Å²) in [6.07, 6.45) is 0. The van der Waals surface area contributed by atoms with Crippen LogP contribution in [0, 0.1) is 0 Å². The third-order valence-electron chi connectivity index (χ3n) is 1.45. The molecule has 0 rings (SSSR count). The molecule has 0 amide bonds.